The van der Waals surface area contributed by atoms with Crippen LogP contribution in [0.5, 0.6) is 0 Å². The average molecular weight is 442 g/mol. The molecule has 2 amide bonds. The summed E-state index contributed by atoms with van der Waals surface area (Å²) >= 11 is 0. The molecule has 0 radical (unpaired) electrons. The molecule has 2 atom stereocenters. The first-order valence-corrected chi connectivity index (χ1v) is 11.9. The number of aromatic nitrogens is 1. The number of fused-ring (bicyclic) bond motifs is 2. The first-order valence-electron chi connectivity index (χ1n) is 11.9. The second kappa shape index (κ2) is 8.89. The van der Waals surface area contributed by atoms with Crippen LogP contribution in [0.1, 0.15) is 65.5 Å². The monoisotopic (exact) mass is 441 g/mol. The third-order valence-electron chi connectivity index (χ3n) is 7.24. The minimum absolute atomic E-state index is 0.0175. The number of benzene rings is 2. The largest absolute Gasteiger partial charge is 0.355 e. The fourth-order valence-corrected chi connectivity index (χ4v) is 5.54. The number of likely N-dealkylation sites (N-methyl/N-ethyl adjacent to an activating group) is 1. The van der Waals surface area contributed by atoms with Gasteiger partial charge in [0.1, 0.15) is 0 Å². The Balaban J connectivity index is 1.52. The number of carbonyl (C=O) groups is 2. The number of para-hydroxylation sites is 1. The number of nitrogens with zero attached hydrogens (tertiary/aromatic N) is 2. The van der Waals surface area contributed by atoms with Gasteiger partial charge in [-0.25, -0.2) is 0 Å². The Morgan fingerprint density at radius 1 is 1.03 bits per heavy atom. The van der Waals surface area contributed by atoms with Crippen LogP contribution >= 0.6 is 0 Å². The summed E-state index contributed by atoms with van der Waals surface area (Å²) < 4.78 is 2.08. The van der Waals surface area contributed by atoms with Gasteiger partial charge in [0, 0.05) is 48.9 Å². The number of rotatable bonds is 5. The lowest BCUT2D eigenvalue weighted by Gasteiger charge is -2.39. The number of amides is 2. The van der Waals surface area contributed by atoms with Crippen LogP contribution in [0.15, 0.2) is 66.4 Å². The Labute approximate surface area is 195 Å². The van der Waals surface area contributed by atoms with Crippen molar-refractivity contribution in [2.24, 2.45) is 7.05 Å². The molecule has 0 saturated heterocycles. The van der Waals surface area contributed by atoms with Crippen LogP contribution < -0.4 is 5.32 Å². The predicted octanol–water partition coefficient (Wildman–Crippen LogP) is 5.10. The normalized spacial score (nSPS) is 20.5. The molecule has 2 heterocycles. The van der Waals surface area contributed by atoms with Crippen molar-refractivity contribution in [3.8, 4) is 0 Å². The summed E-state index contributed by atoms with van der Waals surface area (Å²) in [5.41, 5.74) is 4.98. The zero-order chi connectivity index (χ0) is 22.9. The van der Waals surface area contributed by atoms with Crippen molar-refractivity contribution in [3.05, 3.63) is 83.1 Å². The van der Waals surface area contributed by atoms with Crippen LogP contribution in [0.25, 0.3) is 10.9 Å². The standard InChI is InChI=1S/C28H31N3O2/c1-30-18-23(20-12-8-9-15-24(20)30)26-25(21-13-6-7-14-22(21)28(33)31(26)2)27(32)29-17-16-19-10-4-3-5-11-19/h6-10,12-15,18,25-26H,3-5,11,16-17H2,1-2H3,(H,29,32). The lowest BCUT2D eigenvalue weighted by molar-refractivity contribution is -0.124. The van der Waals surface area contributed by atoms with Gasteiger partial charge in [-0.2, -0.15) is 0 Å². The van der Waals surface area contributed by atoms with Crippen molar-refractivity contribution in [2.75, 3.05) is 13.6 Å². The Bertz CT molecular complexity index is 1240. The molecule has 1 aromatic heterocycles. The van der Waals surface area contributed by atoms with Gasteiger partial charge in [0.2, 0.25) is 5.91 Å². The zero-order valence-electron chi connectivity index (χ0n) is 19.4. The molecule has 0 bridgehead atoms. The van der Waals surface area contributed by atoms with Crippen LogP contribution in [0, 0.1) is 0 Å². The maximum atomic E-state index is 13.7. The fraction of sp³-hybridized carbons (Fsp3) is 0.357. The van der Waals surface area contributed by atoms with Gasteiger partial charge in [-0.05, 0) is 49.8 Å². The van der Waals surface area contributed by atoms with Gasteiger partial charge in [0.25, 0.3) is 5.91 Å². The van der Waals surface area contributed by atoms with Crippen LogP contribution in [0.3, 0.4) is 0 Å². The molecule has 0 spiro atoms. The van der Waals surface area contributed by atoms with E-state index in [1.54, 1.807) is 4.90 Å². The summed E-state index contributed by atoms with van der Waals surface area (Å²) in [5, 5.41) is 4.28. The van der Waals surface area contributed by atoms with Gasteiger partial charge in [0.15, 0.2) is 0 Å². The highest BCUT2D eigenvalue weighted by molar-refractivity contribution is 6.02. The molecule has 2 aromatic carbocycles. The second-order valence-corrected chi connectivity index (χ2v) is 9.29. The Hall–Kier alpha value is -3.34. The van der Waals surface area contributed by atoms with E-state index in [0.717, 1.165) is 41.3 Å². The van der Waals surface area contributed by atoms with Crippen LogP contribution in [-0.2, 0) is 11.8 Å². The van der Waals surface area contributed by atoms with Gasteiger partial charge < -0.3 is 14.8 Å². The van der Waals surface area contributed by atoms with Crippen molar-refractivity contribution < 1.29 is 9.59 Å². The molecule has 2 unspecified atom stereocenters. The average Bonchev–Trinajstić information content (AvgIpc) is 3.18. The smallest absolute Gasteiger partial charge is 0.254 e. The van der Waals surface area contributed by atoms with Crippen LogP contribution in [0.4, 0.5) is 0 Å². The molecule has 5 heteroatoms. The van der Waals surface area contributed by atoms with Crippen molar-refractivity contribution >= 4 is 22.7 Å². The molecule has 0 fully saturated rings. The van der Waals surface area contributed by atoms with Crippen LogP contribution in [-0.4, -0.2) is 34.9 Å². The fourth-order valence-electron chi connectivity index (χ4n) is 5.54. The minimum atomic E-state index is -0.463. The third kappa shape index (κ3) is 3.86. The van der Waals surface area contributed by atoms with Gasteiger partial charge in [-0.1, -0.05) is 48.0 Å². The topological polar surface area (TPSA) is 54.3 Å². The highest BCUT2D eigenvalue weighted by Gasteiger charge is 2.43. The maximum Gasteiger partial charge on any atom is 0.254 e. The molecule has 3 aromatic rings. The summed E-state index contributed by atoms with van der Waals surface area (Å²) in [7, 11) is 3.83. The molecule has 33 heavy (non-hydrogen) atoms. The lowest BCUT2D eigenvalue weighted by atomic mass is 9.79. The van der Waals surface area contributed by atoms with Gasteiger partial charge >= 0.3 is 0 Å². The lowest BCUT2D eigenvalue weighted by Crippen LogP contribution is -2.45. The van der Waals surface area contributed by atoms with E-state index in [0.29, 0.717) is 12.1 Å². The molecule has 2 aliphatic rings. The van der Waals surface area contributed by atoms with E-state index in [1.807, 2.05) is 50.5 Å². The number of hydrogen-bond donors (Lipinski definition) is 1. The predicted molar refractivity (Wildman–Crippen MR) is 131 cm³/mol. The molecule has 0 saturated carbocycles. The SMILES string of the molecule is CN1C(=O)c2ccccc2C(C(=O)NCCC2=CCCCC2)C1c1cn(C)c2ccccc12. The molecule has 1 aliphatic heterocycles. The molecule has 1 aliphatic carbocycles. The van der Waals surface area contributed by atoms with Crippen LogP contribution in [0.2, 0.25) is 0 Å². The van der Waals surface area contributed by atoms with E-state index >= 15 is 0 Å². The van der Waals surface area contributed by atoms with E-state index in [4.69, 9.17) is 0 Å². The molecule has 5 nitrogen and oxygen atoms in total. The Morgan fingerprint density at radius 2 is 1.82 bits per heavy atom. The van der Waals surface area contributed by atoms with E-state index in [9.17, 15) is 9.59 Å². The van der Waals surface area contributed by atoms with E-state index in [2.05, 4.69) is 34.3 Å². The first kappa shape index (κ1) is 21.5. The van der Waals surface area contributed by atoms with Crippen molar-refractivity contribution in [1.29, 1.82) is 0 Å². The van der Waals surface area contributed by atoms with E-state index in [-0.39, 0.29) is 17.9 Å². The highest BCUT2D eigenvalue weighted by atomic mass is 16.2. The Kier molecular flexibility index (Phi) is 5.79. The van der Waals surface area contributed by atoms with Crippen molar-refractivity contribution in [3.63, 3.8) is 0 Å². The summed E-state index contributed by atoms with van der Waals surface area (Å²) in [6.07, 6.45) is 10.1. The number of hydrogen-bond acceptors (Lipinski definition) is 2. The summed E-state index contributed by atoms with van der Waals surface area (Å²) in [5.74, 6) is -0.522. The van der Waals surface area contributed by atoms with Gasteiger partial charge in [0.05, 0.1) is 12.0 Å². The molecular weight excluding hydrogens is 410 g/mol. The van der Waals surface area contributed by atoms with E-state index < -0.39 is 5.92 Å². The number of aryl methyl sites for hydroxylation is 1. The van der Waals surface area contributed by atoms with E-state index in [1.165, 1.54) is 18.4 Å². The number of nitrogens with one attached hydrogen (secondary N) is 1. The molecular formula is C28H31N3O2. The van der Waals surface area contributed by atoms with Gasteiger partial charge in [-0.15, -0.1) is 0 Å². The summed E-state index contributed by atoms with van der Waals surface area (Å²) in [6, 6.07) is 15.4. The Morgan fingerprint density at radius 3 is 2.64 bits per heavy atom. The maximum absolute atomic E-state index is 13.7. The number of carbonyl (C=O) groups excluding carboxylic acids is 2. The third-order valence-corrected chi connectivity index (χ3v) is 7.24. The molecule has 5 rings (SSSR count). The first-order chi connectivity index (χ1) is 16.1. The molecule has 1 N–H and O–H groups in total. The summed E-state index contributed by atoms with van der Waals surface area (Å²) in [6.45, 7) is 0.628. The quantitative estimate of drug-likeness (QED) is 0.561. The minimum Gasteiger partial charge on any atom is -0.355 e. The van der Waals surface area contributed by atoms with Gasteiger partial charge in [-0.3, -0.25) is 9.59 Å². The number of allylic oxidation sites excluding steroid dienone is 1. The molecule has 170 valence electrons. The zero-order valence-corrected chi connectivity index (χ0v) is 19.4. The highest BCUT2D eigenvalue weighted by Crippen LogP contribution is 2.44. The van der Waals surface area contributed by atoms with Crippen molar-refractivity contribution in [2.45, 2.75) is 44.1 Å². The summed E-state index contributed by atoms with van der Waals surface area (Å²) in [4.78, 5) is 28.8. The second-order valence-electron chi connectivity index (χ2n) is 9.29. The van der Waals surface area contributed by atoms with Crippen molar-refractivity contribution in [1.82, 2.24) is 14.8 Å².